The van der Waals surface area contributed by atoms with E-state index in [0.717, 1.165) is 48.4 Å². The first-order valence-corrected chi connectivity index (χ1v) is 12.2. The van der Waals surface area contributed by atoms with E-state index >= 15 is 0 Å². The highest BCUT2D eigenvalue weighted by atomic mass is 35.5. The van der Waals surface area contributed by atoms with Crippen molar-refractivity contribution >= 4 is 34.8 Å². The Hall–Kier alpha value is -2.30. The molecule has 2 aromatic carbocycles. The first-order valence-electron chi connectivity index (χ1n) is 11.5. The number of halogens is 2. The Kier molecular flexibility index (Phi) is 6.00. The molecule has 1 heterocycles. The van der Waals surface area contributed by atoms with E-state index in [2.05, 4.69) is 34.5 Å². The third-order valence-electron chi connectivity index (χ3n) is 6.79. The zero-order valence-corrected chi connectivity index (χ0v) is 19.7. The third kappa shape index (κ3) is 4.18. The Morgan fingerprint density at radius 2 is 1.72 bits per heavy atom. The molecule has 32 heavy (non-hydrogen) atoms. The van der Waals surface area contributed by atoms with E-state index in [4.69, 9.17) is 23.2 Å². The Labute approximate surface area is 198 Å². The first kappa shape index (κ1) is 21.5. The molecule has 2 saturated carbocycles. The summed E-state index contributed by atoms with van der Waals surface area (Å²) in [6.45, 7) is 1.96. The van der Waals surface area contributed by atoms with Crippen LogP contribution in [0, 0.1) is 6.92 Å². The number of nitrogens with zero attached hydrogens (tertiary/aromatic N) is 2. The predicted octanol–water partition coefficient (Wildman–Crippen LogP) is 7.55. The Balaban J connectivity index is 1.49. The van der Waals surface area contributed by atoms with Gasteiger partial charge in [-0.2, -0.15) is 5.10 Å². The van der Waals surface area contributed by atoms with Crippen molar-refractivity contribution in [2.24, 2.45) is 0 Å². The minimum Gasteiger partial charge on any atom is -0.302 e. The molecule has 0 saturated heterocycles. The van der Waals surface area contributed by atoms with E-state index < -0.39 is 0 Å². The maximum atomic E-state index is 13.9. The van der Waals surface area contributed by atoms with Crippen molar-refractivity contribution in [2.45, 2.75) is 63.8 Å². The molecule has 166 valence electrons. The lowest BCUT2D eigenvalue weighted by Gasteiger charge is -2.34. The second-order valence-electron chi connectivity index (χ2n) is 9.03. The van der Waals surface area contributed by atoms with Gasteiger partial charge in [0.15, 0.2) is 5.69 Å². The molecule has 3 aromatic rings. The van der Waals surface area contributed by atoms with E-state index in [9.17, 15) is 4.79 Å². The summed E-state index contributed by atoms with van der Waals surface area (Å²) in [7, 11) is 0. The zero-order chi connectivity index (χ0) is 22.2. The van der Waals surface area contributed by atoms with Gasteiger partial charge in [-0.15, -0.1) is 0 Å². The van der Waals surface area contributed by atoms with Crippen LogP contribution >= 0.6 is 23.2 Å². The molecule has 4 nitrogen and oxygen atoms in total. The van der Waals surface area contributed by atoms with Crippen LogP contribution in [0.2, 0.25) is 10.0 Å². The molecule has 0 unspecified atom stereocenters. The van der Waals surface area contributed by atoms with Gasteiger partial charge < -0.3 is 4.90 Å². The van der Waals surface area contributed by atoms with E-state index in [0.29, 0.717) is 21.4 Å². The molecule has 2 aliphatic carbocycles. The van der Waals surface area contributed by atoms with Crippen molar-refractivity contribution in [2.75, 3.05) is 4.90 Å². The average molecular weight is 468 g/mol. The number of anilines is 1. The SMILES string of the molecule is Cc1c(C(=O)N(c2ccc(Cl)cc2Cl)C2CCCCC2)n[nH]c1-c1ccc(C2CC2)cc1. The van der Waals surface area contributed by atoms with Crippen LogP contribution in [0.25, 0.3) is 11.3 Å². The van der Waals surface area contributed by atoms with Crippen molar-refractivity contribution < 1.29 is 4.79 Å². The second-order valence-corrected chi connectivity index (χ2v) is 9.87. The quantitative estimate of drug-likeness (QED) is 0.420. The van der Waals surface area contributed by atoms with Gasteiger partial charge in [-0.3, -0.25) is 9.89 Å². The lowest BCUT2D eigenvalue weighted by Crippen LogP contribution is -2.42. The van der Waals surface area contributed by atoms with Crippen LogP contribution in [0.5, 0.6) is 0 Å². The molecule has 0 bridgehead atoms. The van der Waals surface area contributed by atoms with E-state index in [1.807, 2.05) is 17.9 Å². The van der Waals surface area contributed by atoms with E-state index in [1.54, 1.807) is 12.1 Å². The van der Waals surface area contributed by atoms with E-state index in [1.165, 1.54) is 24.8 Å². The number of benzene rings is 2. The molecule has 1 N–H and O–H groups in total. The fraction of sp³-hybridized carbons (Fsp3) is 0.385. The van der Waals surface area contributed by atoms with Gasteiger partial charge in [0.25, 0.3) is 5.91 Å². The normalized spacial score (nSPS) is 16.8. The first-order chi connectivity index (χ1) is 15.5. The smallest absolute Gasteiger partial charge is 0.279 e. The summed E-state index contributed by atoms with van der Waals surface area (Å²) in [5, 5.41) is 8.63. The minimum atomic E-state index is -0.115. The van der Waals surface area contributed by atoms with Gasteiger partial charge in [0, 0.05) is 16.6 Å². The van der Waals surface area contributed by atoms with Gasteiger partial charge in [-0.25, -0.2) is 0 Å². The molecular formula is C26H27Cl2N3O. The number of amides is 1. The van der Waals surface area contributed by atoms with Crippen molar-refractivity contribution in [1.29, 1.82) is 0 Å². The van der Waals surface area contributed by atoms with E-state index in [-0.39, 0.29) is 11.9 Å². The molecule has 1 aromatic heterocycles. The molecule has 0 spiro atoms. The summed E-state index contributed by atoms with van der Waals surface area (Å²) in [5.74, 6) is 0.605. The van der Waals surface area contributed by atoms with Crippen LogP contribution < -0.4 is 4.90 Å². The number of nitrogens with one attached hydrogen (secondary N) is 1. The number of aromatic amines is 1. The molecule has 1 amide bonds. The molecule has 6 heteroatoms. The number of rotatable bonds is 5. The molecule has 0 radical (unpaired) electrons. The average Bonchev–Trinajstić information content (AvgIpc) is 3.58. The number of carbonyl (C=O) groups excluding carboxylic acids is 1. The fourth-order valence-electron chi connectivity index (χ4n) is 4.83. The highest BCUT2D eigenvalue weighted by molar-refractivity contribution is 6.37. The van der Waals surface area contributed by atoms with Gasteiger partial charge in [-0.1, -0.05) is 66.7 Å². The number of aromatic nitrogens is 2. The summed E-state index contributed by atoms with van der Waals surface area (Å²) < 4.78 is 0. The zero-order valence-electron chi connectivity index (χ0n) is 18.2. The van der Waals surface area contributed by atoms with Crippen LogP contribution in [0.3, 0.4) is 0 Å². The summed E-state index contributed by atoms with van der Waals surface area (Å²) in [4.78, 5) is 15.7. The summed E-state index contributed by atoms with van der Waals surface area (Å²) >= 11 is 12.7. The van der Waals surface area contributed by atoms with Gasteiger partial charge in [0.1, 0.15) is 0 Å². The van der Waals surface area contributed by atoms with Crippen LogP contribution in [-0.4, -0.2) is 22.1 Å². The highest BCUT2D eigenvalue weighted by Crippen LogP contribution is 2.41. The molecule has 0 atom stereocenters. The molecular weight excluding hydrogens is 441 g/mol. The number of H-pyrrole nitrogens is 1. The van der Waals surface area contributed by atoms with Crippen molar-refractivity contribution in [3.05, 3.63) is 69.3 Å². The van der Waals surface area contributed by atoms with Crippen molar-refractivity contribution in [1.82, 2.24) is 10.2 Å². The van der Waals surface area contributed by atoms with Crippen LogP contribution in [-0.2, 0) is 0 Å². The minimum absolute atomic E-state index is 0.104. The fourth-order valence-corrected chi connectivity index (χ4v) is 5.33. The maximum Gasteiger partial charge on any atom is 0.279 e. The van der Waals surface area contributed by atoms with Gasteiger partial charge >= 0.3 is 0 Å². The van der Waals surface area contributed by atoms with Gasteiger partial charge in [-0.05, 0) is 67.9 Å². The number of hydrogen-bond donors (Lipinski definition) is 1. The Morgan fingerprint density at radius 3 is 2.38 bits per heavy atom. The Bertz CT molecular complexity index is 1130. The summed E-state index contributed by atoms with van der Waals surface area (Å²) in [6.07, 6.45) is 7.91. The lowest BCUT2D eigenvalue weighted by atomic mass is 9.93. The van der Waals surface area contributed by atoms with Crippen LogP contribution in [0.15, 0.2) is 42.5 Å². The van der Waals surface area contributed by atoms with Crippen molar-refractivity contribution in [3.8, 4) is 11.3 Å². The number of hydrogen-bond acceptors (Lipinski definition) is 2. The highest BCUT2D eigenvalue weighted by Gasteiger charge is 2.32. The summed E-state index contributed by atoms with van der Waals surface area (Å²) in [6, 6.07) is 14.1. The topological polar surface area (TPSA) is 49.0 Å². The third-order valence-corrected chi connectivity index (χ3v) is 7.33. The summed E-state index contributed by atoms with van der Waals surface area (Å²) in [5.41, 5.74) is 5.34. The molecule has 2 aliphatic rings. The Morgan fingerprint density at radius 1 is 1.00 bits per heavy atom. The number of carbonyl (C=O) groups is 1. The standard InChI is InChI=1S/C26H27Cl2N3O/c1-16-24(19-11-9-18(10-12-19)17-7-8-17)29-30-25(16)26(32)31(21-5-3-2-4-6-21)23-14-13-20(27)15-22(23)28/h9-15,17,21H,2-8H2,1H3,(H,29,30). The largest absolute Gasteiger partial charge is 0.302 e. The second kappa shape index (κ2) is 8.92. The molecule has 0 aliphatic heterocycles. The maximum absolute atomic E-state index is 13.9. The van der Waals surface area contributed by atoms with Gasteiger partial charge in [0.05, 0.1) is 16.4 Å². The lowest BCUT2D eigenvalue weighted by molar-refractivity contribution is 0.0965. The van der Waals surface area contributed by atoms with Crippen LogP contribution in [0.1, 0.15) is 72.5 Å². The molecule has 2 fully saturated rings. The molecule has 5 rings (SSSR count). The van der Waals surface area contributed by atoms with Crippen LogP contribution in [0.4, 0.5) is 5.69 Å². The van der Waals surface area contributed by atoms with Crippen molar-refractivity contribution in [3.63, 3.8) is 0 Å². The van der Waals surface area contributed by atoms with Gasteiger partial charge in [0.2, 0.25) is 0 Å². The predicted molar refractivity (Wildman–Crippen MR) is 131 cm³/mol. The monoisotopic (exact) mass is 467 g/mol.